The molecule has 23 heavy (non-hydrogen) atoms. The molecule has 1 saturated carbocycles. The van der Waals surface area contributed by atoms with Crippen molar-refractivity contribution in [3.8, 4) is 18.1 Å². The first kappa shape index (κ1) is 16.8. The van der Waals surface area contributed by atoms with Crippen molar-refractivity contribution in [2.75, 3.05) is 7.11 Å². The molecule has 0 aromatic heterocycles. The first-order valence-electron chi connectivity index (χ1n) is 7.63. The fourth-order valence-corrected chi connectivity index (χ4v) is 3.02. The van der Waals surface area contributed by atoms with Crippen molar-refractivity contribution in [1.29, 1.82) is 0 Å². The Balaban J connectivity index is 2.16. The number of carbonyl (C=O) groups excluding carboxylic acids is 1. The summed E-state index contributed by atoms with van der Waals surface area (Å²) in [5, 5.41) is 13.8. The van der Waals surface area contributed by atoms with Crippen LogP contribution in [0.3, 0.4) is 0 Å². The van der Waals surface area contributed by atoms with Crippen LogP contribution in [-0.2, 0) is 0 Å². The van der Waals surface area contributed by atoms with Crippen LogP contribution in [0.4, 0.5) is 5.69 Å². The van der Waals surface area contributed by atoms with Gasteiger partial charge < -0.3 is 10.1 Å². The van der Waals surface area contributed by atoms with E-state index >= 15 is 0 Å². The summed E-state index contributed by atoms with van der Waals surface area (Å²) >= 11 is 0. The highest BCUT2D eigenvalue weighted by molar-refractivity contribution is 5.97. The lowest BCUT2D eigenvalue weighted by Crippen LogP contribution is -2.42. The van der Waals surface area contributed by atoms with Gasteiger partial charge in [0, 0.05) is 18.5 Å². The summed E-state index contributed by atoms with van der Waals surface area (Å²) in [7, 11) is 1.39. The van der Waals surface area contributed by atoms with Crippen molar-refractivity contribution < 1.29 is 14.5 Å². The van der Waals surface area contributed by atoms with Gasteiger partial charge in [-0.1, -0.05) is 12.8 Å². The number of ether oxygens (including phenoxy) is 1. The van der Waals surface area contributed by atoms with Gasteiger partial charge in [0.25, 0.3) is 11.6 Å². The van der Waals surface area contributed by atoms with Crippen molar-refractivity contribution in [2.45, 2.75) is 38.1 Å². The van der Waals surface area contributed by atoms with Crippen LogP contribution >= 0.6 is 0 Å². The van der Waals surface area contributed by atoms with Gasteiger partial charge in [-0.3, -0.25) is 14.9 Å². The maximum absolute atomic E-state index is 12.5. The SMILES string of the molecule is C#CC[C@@H]1CCCC[C@@H]1NC(=O)c1ccc([N+](=O)[O-])cc1OC. The van der Waals surface area contributed by atoms with E-state index in [2.05, 4.69) is 11.2 Å². The van der Waals surface area contributed by atoms with Gasteiger partial charge in [-0.2, -0.15) is 0 Å². The molecule has 2 rings (SSSR count). The number of nitro benzene ring substituents is 1. The number of nitro groups is 1. The monoisotopic (exact) mass is 316 g/mol. The summed E-state index contributed by atoms with van der Waals surface area (Å²) in [4.78, 5) is 22.8. The number of hydrogen-bond acceptors (Lipinski definition) is 4. The molecule has 1 aromatic carbocycles. The number of terminal acetylenes is 1. The molecule has 1 aliphatic rings. The molecule has 122 valence electrons. The molecule has 0 aliphatic heterocycles. The van der Waals surface area contributed by atoms with Crippen LogP contribution in [0.1, 0.15) is 42.5 Å². The first-order chi connectivity index (χ1) is 11.1. The van der Waals surface area contributed by atoms with E-state index in [9.17, 15) is 14.9 Å². The summed E-state index contributed by atoms with van der Waals surface area (Å²) in [6.45, 7) is 0. The third kappa shape index (κ3) is 4.01. The minimum Gasteiger partial charge on any atom is -0.496 e. The van der Waals surface area contributed by atoms with Gasteiger partial charge in [-0.05, 0) is 24.8 Å². The smallest absolute Gasteiger partial charge is 0.273 e. The zero-order valence-electron chi connectivity index (χ0n) is 13.1. The Morgan fingerprint density at radius 1 is 1.48 bits per heavy atom. The molecule has 2 atom stereocenters. The van der Waals surface area contributed by atoms with E-state index in [0.29, 0.717) is 12.0 Å². The zero-order valence-corrected chi connectivity index (χ0v) is 13.1. The maximum Gasteiger partial charge on any atom is 0.273 e. The number of non-ortho nitro benzene ring substituents is 1. The zero-order chi connectivity index (χ0) is 16.8. The van der Waals surface area contributed by atoms with E-state index in [0.717, 1.165) is 25.7 Å². The van der Waals surface area contributed by atoms with Crippen LogP contribution < -0.4 is 10.1 Å². The minimum atomic E-state index is -0.520. The lowest BCUT2D eigenvalue weighted by molar-refractivity contribution is -0.384. The van der Waals surface area contributed by atoms with Crippen molar-refractivity contribution in [3.05, 3.63) is 33.9 Å². The van der Waals surface area contributed by atoms with Gasteiger partial charge in [0.1, 0.15) is 5.75 Å². The average Bonchev–Trinajstić information content (AvgIpc) is 2.56. The van der Waals surface area contributed by atoms with Crippen molar-refractivity contribution >= 4 is 11.6 Å². The molecule has 1 aliphatic carbocycles. The summed E-state index contributed by atoms with van der Waals surface area (Å²) in [6, 6.07) is 4.02. The molecule has 0 spiro atoms. The number of amides is 1. The van der Waals surface area contributed by atoms with Gasteiger partial charge in [0.2, 0.25) is 0 Å². The van der Waals surface area contributed by atoms with E-state index in [4.69, 9.17) is 11.2 Å². The number of nitrogens with zero attached hydrogens (tertiary/aromatic N) is 1. The van der Waals surface area contributed by atoms with Gasteiger partial charge in [0.15, 0.2) is 0 Å². The lowest BCUT2D eigenvalue weighted by atomic mass is 9.82. The topological polar surface area (TPSA) is 81.5 Å². The van der Waals surface area contributed by atoms with Crippen LogP contribution in [0.15, 0.2) is 18.2 Å². The van der Waals surface area contributed by atoms with Crippen LogP contribution in [0.2, 0.25) is 0 Å². The summed E-state index contributed by atoms with van der Waals surface area (Å²) in [5.74, 6) is 2.86. The van der Waals surface area contributed by atoms with Crippen LogP contribution in [0.5, 0.6) is 5.75 Å². The Labute approximate surface area is 135 Å². The second kappa shape index (κ2) is 7.63. The second-order valence-corrected chi connectivity index (χ2v) is 5.67. The van der Waals surface area contributed by atoms with Crippen LogP contribution in [0, 0.1) is 28.4 Å². The van der Waals surface area contributed by atoms with E-state index in [1.54, 1.807) is 0 Å². The van der Waals surface area contributed by atoms with Gasteiger partial charge in [-0.15, -0.1) is 12.3 Å². The van der Waals surface area contributed by atoms with Crippen LogP contribution in [0.25, 0.3) is 0 Å². The van der Waals surface area contributed by atoms with Gasteiger partial charge in [0.05, 0.1) is 23.7 Å². The van der Waals surface area contributed by atoms with Crippen molar-refractivity contribution in [1.82, 2.24) is 5.32 Å². The van der Waals surface area contributed by atoms with Crippen molar-refractivity contribution in [3.63, 3.8) is 0 Å². The highest BCUT2D eigenvalue weighted by Gasteiger charge is 2.27. The summed E-state index contributed by atoms with van der Waals surface area (Å²) in [5.41, 5.74) is 0.185. The summed E-state index contributed by atoms with van der Waals surface area (Å²) < 4.78 is 5.12. The first-order valence-corrected chi connectivity index (χ1v) is 7.63. The van der Waals surface area contributed by atoms with Crippen molar-refractivity contribution in [2.24, 2.45) is 5.92 Å². The molecule has 1 amide bonds. The Kier molecular flexibility index (Phi) is 5.58. The largest absolute Gasteiger partial charge is 0.496 e. The minimum absolute atomic E-state index is 0.0344. The molecular formula is C17H20N2O4. The molecule has 1 fully saturated rings. The van der Waals surface area contributed by atoms with E-state index < -0.39 is 4.92 Å². The molecule has 0 unspecified atom stereocenters. The number of methoxy groups -OCH3 is 1. The Morgan fingerprint density at radius 3 is 2.87 bits per heavy atom. The predicted molar refractivity (Wildman–Crippen MR) is 86.3 cm³/mol. The molecule has 1 aromatic rings. The molecule has 0 heterocycles. The average molecular weight is 316 g/mol. The predicted octanol–water partition coefficient (Wildman–Crippen LogP) is 2.92. The van der Waals surface area contributed by atoms with E-state index in [1.807, 2.05) is 0 Å². The number of carbonyl (C=O) groups is 1. The summed E-state index contributed by atoms with van der Waals surface area (Å²) in [6.07, 6.45) is 10.1. The van der Waals surface area contributed by atoms with Gasteiger partial charge in [-0.25, -0.2) is 0 Å². The normalized spacial score (nSPS) is 20.3. The molecule has 0 bridgehead atoms. The number of benzene rings is 1. The fraction of sp³-hybridized carbons (Fsp3) is 0.471. The fourth-order valence-electron chi connectivity index (χ4n) is 3.02. The third-order valence-corrected chi connectivity index (χ3v) is 4.25. The molecule has 6 nitrogen and oxygen atoms in total. The lowest BCUT2D eigenvalue weighted by Gasteiger charge is -2.31. The van der Waals surface area contributed by atoms with Crippen LogP contribution in [-0.4, -0.2) is 24.0 Å². The van der Waals surface area contributed by atoms with Gasteiger partial charge >= 0.3 is 0 Å². The quantitative estimate of drug-likeness (QED) is 0.514. The Hall–Kier alpha value is -2.55. The molecule has 1 N–H and O–H groups in total. The molecule has 0 radical (unpaired) electrons. The second-order valence-electron chi connectivity index (χ2n) is 5.67. The number of hydrogen-bond donors (Lipinski definition) is 1. The highest BCUT2D eigenvalue weighted by Crippen LogP contribution is 2.29. The number of rotatable bonds is 5. The third-order valence-electron chi connectivity index (χ3n) is 4.25. The molecule has 6 heteroatoms. The molecular weight excluding hydrogens is 296 g/mol. The number of nitrogens with one attached hydrogen (secondary N) is 1. The van der Waals surface area contributed by atoms with E-state index in [1.165, 1.54) is 25.3 Å². The molecule has 0 saturated heterocycles. The maximum atomic E-state index is 12.5. The highest BCUT2D eigenvalue weighted by atomic mass is 16.6. The Morgan fingerprint density at radius 2 is 2.22 bits per heavy atom. The Bertz CT molecular complexity index is 636. The standard InChI is InChI=1S/C17H20N2O4/c1-3-6-12-7-4-5-8-15(12)18-17(20)14-10-9-13(19(21)22)11-16(14)23-2/h1,9-12,15H,4-8H2,2H3,(H,18,20)/t12-,15+/m1/s1. The van der Waals surface area contributed by atoms with E-state index in [-0.39, 0.29) is 29.3 Å².